The second-order valence-corrected chi connectivity index (χ2v) is 24.3. The van der Waals surface area contributed by atoms with Crippen molar-refractivity contribution in [2.45, 2.75) is 247 Å². The Hall–Kier alpha value is -5.22. The number of amides is 9. The highest BCUT2D eigenvalue weighted by Gasteiger charge is 2.42. The zero-order valence-electron chi connectivity index (χ0n) is 51.0. The molecule has 9 amide bonds. The minimum Gasteiger partial charge on any atom is -0.395 e. The summed E-state index contributed by atoms with van der Waals surface area (Å²) in [5, 5.41) is 41.8. The van der Waals surface area contributed by atoms with Crippen LogP contribution in [0.15, 0.2) is 0 Å². The van der Waals surface area contributed by atoms with Crippen LogP contribution in [0.3, 0.4) is 0 Å². The van der Waals surface area contributed by atoms with Crippen molar-refractivity contribution in [3.05, 3.63) is 0 Å². The van der Waals surface area contributed by atoms with Gasteiger partial charge in [0.05, 0.1) is 12.7 Å². The van der Waals surface area contributed by atoms with Crippen LogP contribution in [0.2, 0.25) is 0 Å². The summed E-state index contributed by atoms with van der Waals surface area (Å²) >= 11 is 0. The van der Waals surface area contributed by atoms with Crippen LogP contribution < -0.4 is 42.5 Å². The predicted octanol–water partition coefficient (Wildman–Crippen LogP) is 2.50. The van der Waals surface area contributed by atoms with Crippen LogP contribution in [0, 0.1) is 23.7 Å². The quantitative estimate of drug-likeness (QED) is 0.0404. The van der Waals surface area contributed by atoms with Gasteiger partial charge in [-0.2, -0.15) is 0 Å². The van der Waals surface area contributed by atoms with E-state index in [0.717, 1.165) is 25.7 Å². The Morgan fingerprint density at radius 2 is 1.24 bits per heavy atom. The molecule has 0 aromatic heterocycles. The van der Waals surface area contributed by atoms with E-state index in [4.69, 9.17) is 0 Å². The van der Waals surface area contributed by atoms with Crippen molar-refractivity contribution in [3.63, 3.8) is 0 Å². The summed E-state index contributed by atoms with van der Waals surface area (Å²) in [7, 11) is 1.80. The number of nitrogens with one attached hydrogen (secondary N) is 8. The van der Waals surface area contributed by atoms with Crippen molar-refractivity contribution in [2.75, 3.05) is 33.3 Å². The van der Waals surface area contributed by atoms with Crippen molar-refractivity contribution in [2.24, 2.45) is 23.7 Å². The molecule has 0 spiro atoms. The number of hydrogen-bond donors (Lipinski definition) is 10. The normalized spacial score (nSPS) is 17.4. The molecule has 79 heavy (non-hydrogen) atoms. The first-order chi connectivity index (χ1) is 36.6. The third kappa shape index (κ3) is 24.2. The Morgan fingerprint density at radius 1 is 0.658 bits per heavy atom. The van der Waals surface area contributed by atoms with Crippen LogP contribution in [0.4, 0.5) is 0 Å². The molecule has 0 bridgehead atoms. The van der Waals surface area contributed by atoms with E-state index in [0.29, 0.717) is 45.3 Å². The van der Waals surface area contributed by atoms with E-state index < -0.39 is 112 Å². The predicted molar refractivity (Wildman–Crippen MR) is 304 cm³/mol. The van der Waals surface area contributed by atoms with Gasteiger partial charge in [-0.15, -0.1) is 0 Å². The van der Waals surface area contributed by atoms with Crippen LogP contribution in [0.25, 0.3) is 0 Å². The summed E-state index contributed by atoms with van der Waals surface area (Å²) < 4.78 is 0. The summed E-state index contributed by atoms with van der Waals surface area (Å²) in [5.41, 5.74) is -4.64. The van der Waals surface area contributed by atoms with E-state index in [1.54, 1.807) is 53.5 Å². The first kappa shape index (κ1) is 71.8. The molecule has 1 aliphatic heterocycles. The maximum Gasteiger partial charge on any atom is 0.246 e. The number of carbonyl (C=O) groups excluding carboxylic acids is 10. The fraction of sp³-hybridized carbons (Fsp3) is 0.825. The minimum atomic E-state index is -1.67. The van der Waals surface area contributed by atoms with Crippen LogP contribution in [-0.2, 0) is 47.9 Å². The standard InChI is InChI=1S/C57H104N10O12/c1-18-21-22-23-25-37(8)51(76)67-27-24-26-43(67)48(73)60-42(31-35(6)30-41(70)32-40(69)20-3)47(72)59-39(10)46(71)63-55(11,12)53(78)62-45(36(7)19-2)49(74)61-44(34(4)5)50(75)64-57(15,16)54(79)65-56(13,14)52(77)58-38(9)33-66(17)28-29-68/h34-39,41-45,68,70H,18-33H2,1-17H3,(H,58,77)(H,59,72)(H,60,73)(H,61,74)(H,62,78)(H,63,71)(H,64,75)(H,65,79)/t35-,36+,37+,38+,39-,41+,42+,43+,44+,45-/m1/s1. The Kier molecular flexibility index (Phi) is 30.5. The SMILES string of the molecule is CCCCCC[C@H](C)C(=O)N1CCC[C@H]1C(=O)N[C@@H](C[C@H](C)C[C@H](O)CC(=O)CC)C(=O)N[C@H](C)C(=O)NC(C)(C)C(=O)N[C@@H](C(=O)N[C@H](C(=O)NC(C)(C)C(=O)NC(C)(C)C(=O)N[C@@H](C)CN(C)CCO)C(C)C)[C@@H](C)CC. The van der Waals surface area contributed by atoms with Gasteiger partial charge in [0.1, 0.15) is 52.6 Å². The molecular formula is C57H104N10O12. The number of aliphatic hydroxyl groups is 2. The number of likely N-dealkylation sites (tertiary alicyclic amines) is 1. The summed E-state index contributed by atoms with van der Waals surface area (Å²) in [4.78, 5) is 140. The van der Waals surface area contributed by atoms with Crippen LogP contribution in [-0.4, -0.2) is 171 Å². The van der Waals surface area contributed by atoms with Crippen molar-refractivity contribution < 1.29 is 58.2 Å². The lowest BCUT2D eigenvalue weighted by molar-refractivity contribution is -0.142. The van der Waals surface area contributed by atoms with E-state index in [9.17, 15) is 58.2 Å². The van der Waals surface area contributed by atoms with E-state index in [1.807, 2.05) is 18.7 Å². The van der Waals surface area contributed by atoms with E-state index >= 15 is 0 Å². The van der Waals surface area contributed by atoms with Crippen molar-refractivity contribution in [1.82, 2.24) is 52.3 Å². The Bertz CT molecular complexity index is 2050. The molecular weight excluding hydrogens is 1020 g/mol. The molecule has 0 unspecified atom stereocenters. The maximum atomic E-state index is 14.1. The molecule has 1 rings (SSSR count). The first-order valence-electron chi connectivity index (χ1n) is 28.9. The van der Waals surface area contributed by atoms with Crippen molar-refractivity contribution in [1.29, 1.82) is 0 Å². The zero-order valence-corrected chi connectivity index (χ0v) is 51.0. The smallest absolute Gasteiger partial charge is 0.246 e. The minimum absolute atomic E-state index is 0.0295. The fourth-order valence-electron chi connectivity index (χ4n) is 9.31. The van der Waals surface area contributed by atoms with Gasteiger partial charge in [-0.05, 0) is 112 Å². The molecule has 10 N–H and O–H groups in total. The Labute approximate surface area is 471 Å². The molecule has 1 fully saturated rings. The lowest BCUT2D eigenvalue weighted by Crippen LogP contribution is -2.66. The van der Waals surface area contributed by atoms with Gasteiger partial charge in [0.2, 0.25) is 53.2 Å². The average molecular weight is 1120 g/mol. The average Bonchev–Trinajstić information content (AvgIpc) is 3.85. The highest BCUT2D eigenvalue weighted by molar-refractivity contribution is 6.00. The van der Waals surface area contributed by atoms with E-state index in [-0.39, 0.29) is 61.9 Å². The molecule has 0 aromatic rings. The number of ketones is 1. The number of nitrogens with zero attached hydrogens (tertiary/aromatic N) is 2. The highest BCUT2D eigenvalue weighted by Crippen LogP contribution is 2.24. The lowest BCUT2D eigenvalue weighted by atomic mass is 9.92. The molecule has 22 heteroatoms. The third-order valence-electron chi connectivity index (χ3n) is 14.8. The van der Waals surface area contributed by atoms with E-state index in [2.05, 4.69) is 49.5 Å². The summed E-state index contributed by atoms with van der Waals surface area (Å²) in [6.07, 6.45) is 5.57. The lowest BCUT2D eigenvalue weighted by Gasteiger charge is -2.35. The molecule has 1 heterocycles. The van der Waals surface area contributed by atoms with Crippen molar-refractivity contribution in [3.8, 4) is 0 Å². The number of carbonyl (C=O) groups is 10. The highest BCUT2D eigenvalue weighted by atomic mass is 16.3. The van der Waals surface area contributed by atoms with Gasteiger partial charge < -0.3 is 62.5 Å². The van der Waals surface area contributed by atoms with Gasteiger partial charge in [0.25, 0.3) is 0 Å². The number of rotatable bonds is 36. The second kappa shape index (κ2) is 33.5. The molecule has 0 aromatic carbocycles. The van der Waals surface area contributed by atoms with Crippen LogP contribution >= 0.6 is 0 Å². The van der Waals surface area contributed by atoms with Gasteiger partial charge in [0.15, 0.2) is 0 Å². The van der Waals surface area contributed by atoms with Gasteiger partial charge in [-0.1, -0.05) is 87.5 Å². The maximum absolute atomic E-state index is 14.1. The second-order valence-electron chi connectivity index (χ2n) is 24.3. The van der Waals surface area contributed by atoms with Gasteiger partial charge in [0, 0.05) is 44.4 Å². The third-order valence-corrected chi connectivity index (χ3v) is 14.8. The van der Waals surface area contributed by atoms with Gasteiger partial charge >= 0.3 is 0 Å². The number of hydrogen-bond acceptors (Lipinski definition) is 13. The summed E-state index contributed by atoms with van der Waals surface area (Å²) in [5.74, 6) is -7.20. The van der Waals surface area contributed by atoms with Gasteiger partial charge in [-0.3, -0.25) is 47.9 Å². The molecule has 22 nitrogen and oxygen atoms in total. The van der Waals surface area contributed by atoms with Crippen LogP contribution in [0.5, 0.6) is 0 Å². The van der Waals surface area contributed by atoms with E-state index in [1.165, 1.54) is 48.5 Å². The molecule has 1 saturated heterocycles. The number of unbranched alkanes of at least 4 members (excludes halogenated alkanes) is 3. The molecule has 454 valence electrons. The molecule has 10 atom stereocenters. The first-order valence-corrected chi connectivity index (χ1v) is 28.9. The topological polar surface area (TPSA) is 314 Å². The van der Waals surface area contributed by atoms with Gasteiger partial charge in [-0.25, -0.2) is 0 Å². The van der Waals surface area contributed by atoms with Crippen molar-refractivity contribution >= 4 is 58.9 Å². The number of likely N-dealkylation sites (N-methyl/N-ethyl adjacent to an activating group) is 1. The Morgan fingerprint density at radius 3 is 1.81 bits per heavy atom. The molecule has 0 saturated carbocycles. The fourth-order valence-corrected chi connectivity index (χ4v) is 9.31. The molecule has 1 aliphatic rings. The summed E-state index contributed by atoms with van der Waals surface area (Å²) in [6.45, 7) is 27.6. The summed E-state index contributed by atoms with van der Waals surface area (Å²) in [6, 6.07) is -5.98. The number of Topliss-reactive ketones (excluding diaryl/α,β-unsaturated/α-hetero) is 1. The van der Waals surface area contributed by atoms with Crippen LogP contribution in [0.1, 0.15) is 188 Å². The molecule has 0 radical (unpaired) electrons. The molecule has 0 aliphatic carbocycles. The zero-order chi connectivity index (χ0) is 60.7. The largest absolute Gasteiger partial charge is 0.395 e. The monoisotopic (exact) mass is 1120 g/mol. The Balaban J connectivity index is 3.23. The number of aliphatic hydroxyl groups excluding tert-OH is 2.